The van der Waals surface area contributed by atoms with Gasteiger partial charge < -0.3 is 5.73 Å². The van der Waals surface area contributed by atoms with Gasteiger partial charge in [0.1, 0.15) is 5.82 Å². The molecule has 0 radical (unpaired) electrons. The zero-order valence-corrected chi connectivity index (χ0v) is 10.8. The molecule has 2 aliphatic rings. The highest BCUT2D eigenvalue weighted by molar-refractivity contribution is 5.38. The van der Waals surface area contributed by atoms with E-state index in [1.54, 1.807) is 6.07 Å². The number of hydrogen-bond donors (Lipinski definition) is 1. The monoisotopic (exact) mass is 259 g/mol. The summed E-state index contributed by atoms with van der Waals surface area (Å²) in [6.45, 7) is 0.741. The summed E-state index contributed by atoms with van der Waals surface area (Å²) in [7, 11) is 0. The molecule has 2 unspecified atom stereocenters. The van der Waals surface area contributed by atoms with Crippen molar-refractivity contribution >= 4 is 0 Å². The molecule has 4 heteroatoms. The molecule has 2 N–H and O–H groups in total. The Kier molecular flexibility index (Phi) is 3.26. The van der Waals surface area contributed by atoms with Crippen LogP contribution in [0.3, 0.4) is 0 Å². The molecule has 0 spiro atoms. The minimum absolute atomic E-state index is 0.317. The van der Waals surface area contributed by atoms with Gasteiger partial charge in [-0.25, -0.2) is 4.39 Å². The summed E-state index contributed by atoms with van der Waals surface area (Å²) in [6.07, 6.45) is 4.47. The second-order valence-corrected chi connectivity index (χ2v) is 5.70. The number of benzene rings is 1. The van der Waals surface area contributed by atoms with Crippen molar-refractivity contribution in [2.75, 3.05) is 0 Å². The summed E-state index contributed by atoms with van der Waals surface area (Å²) >= 11 is 0. The van der Waals surface area contributed by atoms with E-state index in [0.29, 0.717) is 23.7 Å². The van der Waals surface area contributed by atoms with Crippen LogP contribution >= 0.6 is 0 Å². The first-order chi connectivity index (χ1) is 9.17. The van der Waals surface area contributed by atoms with Crippen LogP contribution in [0.4, 0.5) is 4.39 Å². The zero-order chi connectivity index (χ0) is 13.4. The van der Waals surface area contributed by atoms with Crippen LogP contribution in [0.2, 0.25) is 0 Å². The predicted molar refractivity (Wildman–Crippen MR) is 70.7 cm³/mol. The minimum atomic E-state index is -0.344. The van der Waals surface area contributed by atoms with Gasteiger partial charge in [-0.1, -0.05) is 6.07 Å². The van der Waals surface area contributed by atoms with E-state index in [2.05, 4.69) is 11.0 Å². The summed E-state index contributed by atoms with van der Waals surface area (Å²) < 4.78 is 13.1. The molecule has 0 aliphatic carbocycles. The molecule has 2 heterocycles. The zero-order valence-electron chi connectivity index (χ0n) is 10.8. The summed E-state index contributed by atoms with van der Waals surface area (Å²) in [5.41, 5.74) is 7.44. The third-order valence-corrected chi connectivity index (χ3v) is 4.47. The molecule has 2 aliphatic heterocycles. The molecule has 0 aromatic heterocycles. The number of piperidine rings is 1. The van der Waals surface area contributed by atoms with E-state index in [9.17, 15) is 4.39 Å². The first-order valence-electron chi connectivity index (χ1n) is 6.87. The molecule has 2 fully saturated rings. The number of fused-ring (bicyclic) bond motifs is 2. The lowest BCUT2D eigenvalue weighted by Crippen LogP contribution is -2.46. The third kappa shape index (κ3) is 2.36. The first-order valence-corrected chi connectivity index (χ1v) is 6.87. The average molecular weight is 259 g/mol. The molecular weight excluding hydrogens is 241 g/mol. The molecule has 2 bridgehead atoms. The molecule has 3 nitrogen and oxygen atoms in total. The summed E-state index contributed by atoms with van der Waals surface area (Å²) in [5, 5.41) is 9.11. The van der Waals surface area contributed by atoms with E-state index >= 15 is 0 Å². The quantitative estimate of drug-likeness (QED) is 0.885. The number of nitrogens with zero attached hydrogens (tertiary/aromatic N) is 2. The van der Waals surface area contributed by atoms with E-state index in [4.69, 9.17) is 11.0 Å². The van der Waals surface area contributed by atoms with Gasteiger partial charge in [-0.15, -0.1) is 0 Å². The summed E-state index contributed by atoms with van der Waals surface area (Å²) in [6, 6.07) is 7.98. The molecule has 2 atom stereocenters. The largest absolute Gasteiger partial charge is 0.328 e. The number of nitriles is 1. The van der Waals surface area contributed by atoms with Gasteiger partial charge in [0.05, 0.1) is 11.6 Å². The molecule has 100 valence electrons. The second-order valence-electron chi connectivity index (χ2n) is 5.70. The summed E-state index contributed by atoms with van der Waals surface area (Å²) in [4.78, 5) is 2.46. The fourth-order valence-electron chi connectivity index (χ4n) is 3.56. The van der Waals surface area contributed by atoms with Gasteiger partial charge in [-0.3, -0.25) is 4.90 Å². The van der Waals surface area contributed by atoms with Crippen LogP contribution in [0.1, 0.15) is 36.8 Å². The molecular formula is C15H18FN3. The first kappa shape index (κ1) is 12.6. The van der Waals surface area contributed by atoms with Gasteiger partial charge in [-0.2, -0.15) is 5.26 Å². The van der Waals surface area contributed by atoms with Crippen LogP contribution in [-0.2, 0) is 6.54 Å². The lowest BCUT2D eigenvalue weighted by molar-refractivity contribution is 0.120. The highest BCUT2D eigenvalue weighted by atomic mass is 19.1. The number of nitrogens with two attached hydrogens (primary N) is 1. The average Bonchev–Trinajstić information content (AvgIpc) is 2.63. The molecule has 0 saturated carbocycles. The van der Waals surface area contributed by atoms with Crippen molar-refractivity contribution in [3.63, 3.8) is 0 Å². The predicted octanol–water partition coefficient (Wildman–Crippen LogP) is 2.15. The van der Waals surface area contributed by atoms with Crippen LogP contribution in [0.25, 0.3) is 0 Å². The molecule has 19 heavy (non-hydrogen) atoms. The number of halogens is 1. The Bertz CT molecular complexity index is 509. The van der Waals surface area contributed by atoms with Crippen molar-refractivity contribution in [1.29, 1.82) is 5.26 Å². The van der Waals surface area contributed by atoms with Crippen molar-refractivity contribution in [1.82, 2.24) is 4.90 Å². The molecule has 0 amide bonds. The van der Waals surface area contributed by atoms with Crippen molar-refractivity contribution < 1.29 is 4.39 Å². The molecule has 1 aromatic carbocycles. The highest BCUT2D eigenvalue weighted by Gasteiger charge is 2.39. The second kappa shape index (κ2) is 4.92. The molecule has 1 aromatic rings. The normalized spacial score (nSPS) is 30.3. The van der Waals surface area contributed by atoms with Gasteiger partial charge in [0, 0.05) is 24.7 Å². The SMILES string of the molecule is N#Cc1cc(F)ccc1CN1C2CCC1CC(N)C2. The van der Waals surface area contributed by atoms with E-state index in [-0.39, 0.29) is 5.82 Å². The van der Waals surface area contributed by atoms with Gasteiger partial charge in [0.15, 0.2) is 0 Å². The van der Waals surface area contributed by atoms with Crippen molar-refractivity contribution in [3.05, 3.63) is 35.1 Å². The fraction of sp³-hybridized carbons (Fsp3) is 0.533. The van der Waals surface area contributed by atoms with Crippen LogP contribution in [0, 0.1) is 17.1 Å². The maximum Gasteiger partial charge on any atom is 0.124 e. The topological polar surface area (TPSA) is 53.0 Å². The van der Waals surface area contributed by atoms with Gasteiger partial charge in [-0.05, 0) is 43.4 Å². The Morgan fingerprint density at radius 2 is 2.00 bits per heavy atom. The standard InChI is InChI=1S/C15H18FN3/c16-12-2-1-10(11(5-12)8-17)9-19-14-3-4-15(19)7-13(18)6-14/h1-2,5,13-15H,3-4,6-7,9,18H2. The van der Waals surface area contributed by atoms with Gasteiger partial charge in [0.2, 0.25) is 0 Å². The fourth-order valence-corrected chi connectivity index (χ4v) is 3.56. The van der Waals surface area contributed by atoms with E-state index < -0.39 is 0 Å². The number of rotatable bonds is 2. The summed E-state index contributed by atoms with van der Waals surface area (Å²) in [5.74, 6) is -0.344. The number of hydrogen-bond acceptors (Lipinski definition) is 3. The lowest BCUT2D eigenvalue weighted by Gasteiger charge is -2.37. The smallest absolute Gasteiger partial charge is 0.124 e. The Labute approximate surface area is 112 Å². The Morgan fingerprint density at radius 3 is 2.63 bits per heavy atom. The van der Waals surface area contributed by atoms with E-state index in [1.165, 1.54) is 25.0 Å². The minimum Gasteiger partial charge on any atom is -0.328 e. The maximum absolute atomic E-state index is 13.1. The third-order valence-electron chi connectivity index (χ3n) is 4.47. The Balaban J connectivity index is 1.81. The van der Waals surface area contributed by atoms with Crippen LogP contribution < -0.4 is 5.73 Å². The lowest BCUT2D eigenvalue weighted by atomic mass is 9.97. The van der Waals surface area contributed by atoms with Gasteiger partial charge >= 0.3 is 0 Å². The van der Waals surface area contributed by atoms with Gasteiger partial charge in [0.25, 0.3) is 0 Å². The van der Waals surface area contributed by atoms with Crippen molar-refractivity contribution in [2.24, 2.45) is 5.73 Å². The van der Waals surface area contributed by atoms with Crippen LogP contribution in [0.5, 0.6) is 0 Å². The van der Waals surface area contributed by atoms with E-state index in [0.717, 1.165) is 24.9 Å². The molecule has 3 rings (SSSR count). The van der Waals surface area contributed by atoms with Crippen molar-refractivity contribution in [2.45, 2.75) is 50.4 Å². The maximum atomic E-state index is 13.1. The van der Waals surface area contributed by atoms with Crippen LogP contribution in [0.15, 0.2) is 18.2 Å². The van der Waals surface area contributed by atoms with Crippen molar-refractivity contribution in [3.8, 4) is 6.07 Å². The van der Waals surface area contributed by atoms with Crippen LogP contribution in [-0.4, -0.2) is 23.0 Å². The Hall–Kier alpha value is -1.44. The highest BCUT2D eigenvalue weighted by Crippen LogP contribution is 2.36. The molecule has 2 saturated heterocycles. The van der Waals surface area contributed by atoms with E-state index in [1.807, 2.05) is 0 Å². The Morgan fingerprint density at radius 1 is 1.32 bits per heavy atom.